The summed E-state index contributed by atoms with van der Waals surface area (Å²) in [5.41, 5.74) is 1.47. The van der Waals surface area contributed by atoms with Crippen molar-refractivity contribution in [2.24, 2.45) is 0 Å². The second-order valence-corrected chi connectivity index (χ2v) is 5.46. The topological polar surface area (TPSA) is 56.5 Å². The SMILES string of the molecule is CCCn1nccc1C(O)c1cc(OC)c(OC)cc1Br. The zero-order chi connectivity index (χ0) is 15.4. The van der Waals surface area contributed by atoms with Crippen molar-refractivity contribution in [3.63, 3.8) is 0 Å². The average Bonchev–Trinajstić information content (AvgIpc) is 2.94. The lowest BCUT2D eigenvalue weighted by atomic mass is 10.1. The molecule has 0 saturated heterocycles. The number of aromatic nitrogens is 2. The van der Waals surface area contributed by atoms with E-state index >= 15 is 0 Å². The van der Waals surface area contributed by atoms with Gasteiger partial charge in [0.05, 0.1) is 19.9 Å². The molecular formula is C15H19BrN2O3. The monoisotopic (exact) mass is 354 g/mol. The van der Waals surface area contributed by atoms with E-state index in [0.29, 0.717) is 17.1 Å². The molecule has 5 nitrogen and oxygen atoms in total. The van der Waals surface area contributed by atoms with E-state index in [1.54, 1.807) is 32.5 Å². The number of methoxy groups -OCH3 is 2. The van der Waals surface area contributed by atoms with Gasteiger partial charge in [-0.15, -0.1) is 0 Å². The summed E-state index contributed by atoms with van der Waals surface area (Å²) in [7, 11) is 3.15. The third-order valence-corrected chi connectivity index (χ3v) is 3.95. The highest BCUT2D eigenvalue weighted by Gasteiger charge is 2.20. The van der Waals surface area contributed by atoms with Gasteiger partial charge in [0.15, 0.2) is 11.5 Å². The minimum Gasteiger partial charge on any atom is -0.493 e. The minimum atomic E-state index is -0.784. The molecule has 1 N–H and O–H groups in total. The van der Waals surface area contributed by atoms with E-state index in [-0.39, 0.29) is 0 Å². The van der Waals surface area contributed by atoms with E-state index in [2.05, 4.69) is 28.0 Å². The molecule has 0 aliphatic rings. The van der Waals surface area contributed by atoms with Crippen molar-refractivity contribution in [2.75, 3.05) is 14.2 Å². The average molecular weight is 355 g/mol. The highest BCUT2D eigenvalue weighted by molar-refractivity contribution is 9.10. The van der Waals surface area contributed by atoms with Crippen molar-refractivity contribution in [1.82, 2.24) is 9.78 Å². The number of aliphatic hydroxyl groups excluding tert-OH is 1. The lowest BCUT2D eigenvalue weighted by Gasteiger charge is -2.17. The summed E-state index contributed by atoms with van der Waals surface area (Å²) >= 11 is 3.48. The predicted molar refractivity (Wildman–Crippen MR) is 83.8 cm³/mol. The molecule has 0 radical (unpaired) electrons. The Bertz CT molecular complexity index is 613. The molecule has 6 heteroatoms. The Morgan fingerprint density at radius 1 is 1.29 bits per heavy atom. The van der Waals surface area contributed by atoms with Crippen molar-refractivity contribution < 1.29 is 14.6 Å². The molecule has 0 aliphatic carbocycles. The third-order valence-electron chi connectivity index (χ3n) is 3.26. The first-order valence-corrected chi connectivity index (χ1v) is 7.52. The van der Waals surface area contributed by atoms with Gasteiger partial charge in [-0.05, 0) is 24.6 Å². The van der Waals surface area contributed by atoms with Crippen LogP contribution in [0, 0.1) is 0 Å². The first kappa shape index (κ1) is 15.9. The number of benzene rings is 1. The van der Waals surface area contributed by atoms with Gasteiger partial charge in [-0.25, -0.2) is 0 Å². The van der Waals surface area contributed by atoms with Gasteiger partial charge in [0.1, 0.15) is 6.10 Å². The number of nitrogens with zero attached hydrogens (tertiary/aromatic N) is 2. The second-order valence-electron chi connectivity index (χ2n) is 4.61. The van der Waals surface area contributed by atoms with Crippen LogP contribution in [0.25, 0.3) is 0 Å². The molecule has 0 bridgehead atoms. The summed E-state index contributed by atoms with van der Waals surface area (Å²) in [6.07, 6.45) is 1.87. The number of ether oxygens (including phenoxy) is 2. The smallest absolute Gasteiger partial charge is 0.161 e. The van der Waals surface area contributed by atoms with Crippen molar-refractivity contribution >= 4 is 15.9 Å². The summed E-state index contributed by atoms with van der Waals surface area (Å²) in [5, 5.41) is 14.9. The Kier molecular flexibility index (Phi) is 5.25. The lowest BCUT2D eigenvalue weighted by Crippen LogP contribution is -2.11. The molecule has 114 valence electrons. The maximum absolute atomic E-state index is 10.7. The summed E-state index contributed by atoms with van der Waals surface area (Å²) in [4.78, 5) is 0. The molecule has 0 aliphatic heterocycles. The van der Waals surface area contributed by atoms with Crippen LogP contribution < -0.4 is 9.47 Å². The molecule has 1 unspecified atom stereocenters. The van der Waals surface area contributed by atoms with Crippen molar-refractivity contribution in [1.29, 1.82) is 0 Å². The molecule has 2 rings (SSSR count). The summed E-state index contributed by atoms with van der Waals surface area (Å²) in [5.74, 6) is 1.19. The van der Waals surface area contributed by atoms with Crippen LogP contribution in [0.15, 0.2) is 28.9 Å². The largest absolute Gasteiger partial charge is 0.493 e. The molecule has 0 fully saturated rings. The number of hydrogen-bond acceptors (Lipinski definition) is 4. The zero-order valence-corrected chi connectivity index (χ0v) is 13.9. The molecule has 1 aromatic carbocycles. The Morgan fingerprint density at radius 3 is 2.57 bits per heavy atom. The predicted octanol–water partition coefficient (Wildman–Crippen LogP) is 3.15. The molecule has 21 heavy (non-hydrogen) atoms. The first-order valence-electron chi connectivity index (χ1n) is 6.73. The molecule has 1 atom stereocenters. The van der Waals surface area contributed by atoms with Crippen molar-refractivity contribution in [3.8, 4) is 11.5 Å². The van der Waals surface area contributed by atoms with Crippen LogP contribution in [-0.2, 0) is 6.54 Å². The van der Waals surface area contributed by atoms with Gasteiger partial charge in [0.25, 0.3) is 0 Å². The highest BCUT2D eigenvalue weighted by atomic mass is 79.9. The van der Waals surface area contributed by atoms with Crippen LogP contribution in [0.2, 0.25) is 0 Å². The second kappa shape index (κ2) is 6.95. The first-order chi connectivity index (χ1) is 10.1. The van der Waals surface area contributed by atoms with Gasteiger partial charge in [0.2, 0.25) is 0 Å². The van der Waals surface area contributed by atoms with E-state index in [1.165, 1.54) is 0 Å². The molecule has 1 aromatic heterocycles. The third kappa shape index (κ3) is 3.22. The highest BCUT2D eigenvalue weighted by Crippen LogP contribution is 2.37. The van der Waals surface area contributed by atoms with E-state index in [9.17, 15) is 5.11 Å². The van der Waals surface area contributed by atoms with Crippen molar-refractivity contribution in [3.05, 3.63) is 40.1 Å². The number of aryl methyl sites for hydroxylation is 1. The summed E-state index contributed by atoms with van der Waals surface area (Å²) in [6, 6.07) is 5.39. The van der Waals surface area contributed by atoms with Crippen LogP contribution >= 0.6 is 15.9 Å². The van der Waals surface area contributed by atoms with E-state index in [1.807, 2.05) is 10.7 Å². The van der Waals surface area contributed by atoms with Crippen LogP contribution in [0.1, 0.15) is 30.7 Å². The van der Waals surface area contributed by atoms with Crippen LogP contribution in [0.4, 0.5) is 0 Å². The number of hydrogen-bond donors (Lipinski definition) is 1. The Labute approximate surface area is 132 Å². The molecule has 1 heterocycles. The van der Waals surface area contributed by atoms with Gasteiger partial charge in [0, 0.05) is 22.8 Å². The normalized spacial score (nSPS) is 12.2. The maximum Gasteiger partial charge on any atom is 0.161 e. The summed E-state index contributed by atoms with van der Waals surface area (Å²) in [6.45, 7) is 2.84. The van der Waals surface area contributed by atoms with E-state index in [0.717, 1.165) is 23.1 Å². The lowest BCUT2D eigenvalue weighted by molar-refractivity contribution is 0.206. The van der Waals surface area contributed by atoms with Gasteiger partial charge in [-0.3, -0.25) is 4.68 Å². The van der Waals surface area contributed by atoms with Crippen LogP contribution in [0.5, 0.6) is 11.5 Å². The van der Waals surface area contributed by atoms with E-state index < -0.39 is 6.10 Å². The fourth-order valence-corrected chi connectivity index (χ4v) is 2.75. The quantitative estimate of drug-likeness (QED) is 0.865. The Morgan fingerprint density at radius 2 is 1.95 bits per heavy atom. The van der Waals surface area contributed by atoms with Gasteiger partial charge in [-0.1, -0.05) is 22.9 Å². The molecule has 0 spiro atoms. The maximum atomic E-state index is 10.7. The van der Waals surface area contributed by atoms with Crippen LogP contribution in [0.3, 0.4) is 0 Å². The van der Waals surface area contributed by atoms with Gasteiger partial charge >= 0.3 is 0 Å². The van der Waals surface area contributed by atoms with Gasteiger partial charge in [-0.2, -0.15) is 5.10 Å². The minimum absolute atomic E-state index is 0.580. The fourth-order valence-electron chi connectivity index (χ4n) is 2.21. The fraction of sp³-hybridized carbons (Fsp3) is 0.400. The van der Waals surface area contributed by atoms with E-state index in [4.69, 9.17) is 9.47 Å². The van der Waals surface area contributed by atoms with Gasteiger partial charge < -0.3 is 14.6 Å². The molecule has 2 aromatic rings. The Balaban J connectivity index is 2.43. The molecule has 0 amide bonds. The number of rotatable bonds is 6. The number of aliphatic hydroxyl groups is 1. The van der Waals surface area contributed by atoms with Crippen molar-refractivity contribution in [2.45, 2.75) is 26.0 Å². The zero-order valence-electron chi connectivity index (χ0n) is 12.3. The van der Waals surface area contributed by atoms with Crippen LogP contribution in [-0.4, -0.2) is 29.1 Å². The number of halogens is 1. The Hall–Kier alpha value is -1.53. The standard InChI is InChI=1S/C15H19BrN2O3/c1-4-7-18-12(5-6-17-18)15(19)10-8-13(20-2)14(21-3)9-11(10)16/h5-6,8-9,15,19H,4,7H2,1-3H3. The molecular weight excluding hydrogens is 336 g/mol. The molecule has 0 saturated carbocycles. The summed E-state index contributed by atoms with van der Waals surface area (Å²) < 4.78 is 13.1.